The zero-order valence-electron chi connectivity index (χ0n) is 14.9. The zero-order chi connectivity index (χ0) is 17.9. The van der Waals surface area contributed by atoms with Crippen molar-refractivity contribution in [2.24, 2.45) is 0 Å². The van der Waals surface area contributed by atoms with Crippen LogP contribution in [0.2, 0.25) is 0 Å². The SMILES string of the molecule is CCCN1CCCN(c2ccc3nnc(-c4ccccc4)n3n2)CC1=O. The van der Waals surface area contributed by atoms with Crippen molar-refractivity contribution in [1.82, 2.24) is 24.7 Å². The molecule has 1 saturated heterocycles. The molecule has 0 radical (unpaired) electrons. The Morgan fingerprint density at radius 3 is 2.69 bits per heavy atom. The predicted molar refractivity (Wildman–Crippen MR) is 99.9 cm³/mol. The van der Waals surface area contributed by atoms with Crippen molar-refractivity contribution in [3.63, 3.8) is 0 Å². The number of fused-ring (bicyclic) bond motifs is 1. The lowest BCUT2D eigenvalue weighted by atomic mass is 10.2. The molecular formula is C19H22N6O. The first-order valence-corrected chi connectivity index (χ1v) is 9.07. The standard InChI is InChI=1S/C19H22N6O/c1-2-11-23-12-6-13-24(14-18(23)26)17-10-9-16-20-21-19(25(16)22-17)15-7-4-3-5-8-15/h3-5,7-10H,2,6,11-14H2,1H3. The van der Waals surface area contributed by atoms with E-state index in [-0.39, 0.29) is 5.91 Å². The summed E-state index contributed by atoms with van der Waals surface area (Å²) in [5, 5.41) is 13.2. The van der Waals surface area contributed by atoms with Crippen LogP contribution in [0.25, 0.3) is 17.0 Å². The Morgan fingerprint density at radius 1 is 1.04 bits per heavy atom. The molecule has 0 atom stereocenters. The average molecular weight is 350 g/mol. The van der Waals surface area contributed by atoms with E-state index < -0.39 is 0 Å². The molecule has 1 aliphatic heterocycles. The van der Waals surface area contributed by atoms with Crippen molar-refractivity contribution in [3.8, 4) is 11.4 Å². The van der Waals surface area contributed by atoms with Gasteiger partial charge in [-0.05, 0) is 25.0 Å². The lowest BCUT2D eigenvalue weighted by molar-refractivity contribution is -0.129. The van der Waals surface area contributed by atoms with E-state index in [0.29, 0.717) is 18.0 Å². The van der Waals surface area contributed by atoms with E-state index in [1.807, 2.05) is 52.3 Å². The first-order chi connectivity index (χ1) is 12.8. The summed E-state index contributed by atoms with van der Waals surface area (Å²) >= 11 is 0. The number of nitrogens with zero attached hydrogens (tertiary/aromatic N) is 6. The molecule has 0 bridgehead atoms. The van der Waals surface area contributed by atoms with Crippen LogP contribution < -0.4 is 4.90 Å². The van der Waals surface area contributed by atoms with Gasteiger partial charge in [-0.25, -0.2) is 0 Å². The van der Waals surface area contributed by atoms with E-state index in [0.717, 1.165) is 43.9 Å². The molecule has 0 aliphatic carbocycles. The third kappa shape index (κ3) is 3.12. The van der Waals surface area contributed by atoms with Crippen molar-refractivity contribution < 1.29 is 4.79 Å². The van der Waals surface area contributed by atoms with Gasteiger partial charge in [-0.1, -0.05) is 37.3 Å². The Balaban J connectivity index is 1.66. The number of aromatic nitrogens is 4. The lowest BCUT2D eigenvalue weighted by Gasteiger charge is -2.22. The van der Waals surface area contributed by atoms with E-state index in [9.17, 15) is 4.79 Å². The van der Waals surface area contributed by atoms with Crippen LogP contribution in [0.5, 0.6) is 0 Å². The minimum absolute atomic E-state index is 0.165. The summed E-state index contributed by atoms with van der Waals surface area (Å²) in [4.78, 5) is 16.5. The van der Waals surface area contributed by atoms with E-state index in [2.05, 4.69) is 17.1 Å². The molecule has 134 valence electrons. The van der Waals surface area contributed by atoms with Crippen molar-refractivity contribution in [1.29, 1.82) is 0 Å². The third-order valence-electron chi connectivity index (χ3n) is 4.63. The summed E-state index contributed by atoms with van der Waals surface area (Å²) in [6.45, 7) is 4.91. The molecule has 7 nitrogen and oxygen atoms in total. The van der Waals surface area contributed by atoms with Crippen LogP contribution in [0.4, 0.5) is 5.82 Å². The van der Waals surface area contributed by atoms with Gasteiger partial charge in [-0.15, -0.1) is 15.3 Å². The summed E-state index contributed by atoms with van der Waals surface area (Å²) in [6.07, 6.45) is 1.93. The summed E-state index contributed by atoms with van der Waals surface area (Å²) < 4.78 is 1.75. The van der Waals surface area contributed by atoms with Gasteiger partial charge in [-0.2, -0.15) is 4.52 Å². The van der Waals surface area contributed by atoms with Crippen molar-refractivity contribution >= 4 is 17.4 Å². The van der Waals surface area contributed by atoms with Crippen molar-refractivity contribution in [3.05, 3.63) is 42.5 Å². The first kappa shape index (κ1) is 16.5. The van der Waals surface area contributed by atoms with Gasteiger partial charge < -0.3 is 9.80 Å². The van der Waals surface area contributed by atoms with Gasteiger partial charge in [0.1, 0.15) is 5.82 Å². The second-order valence-electron chi connectivity index (χ2n) is 6.51. The maximum absolute atomic E-state index is 12.5. The topological polar surface area (TPSA) is 66.6 Å². The number of hydrogen-bond acceptors (Lipinski definition) is 5. The quantitative estimate of drug-likeness (QED) is 0.722. The normalized spacial score (nSPS) is 15.5. The van der Waals surface area contributed by atoms with Gasteiger partial charge in [0, 0.05) is 25.2 Å². The van der Waals surface area contributed by atoms with Gasteiger partial charge >= 0.3 is 0 Å². The highest BCUT2D eigenvalue weighted by molar-refractivity contribution is 5.81. The maximum Gasteiger partial charge on any atom is 0.242 e. The van der Waals surface area contributed by atoms with E-state index in [4.69, 9.17) is 5.10 Å². The Hall–Kier alpha value is -2.96. The number of benzene rings is 1. The maximum atomic E-state index is 12.5. The lowest BCUT2D eigenvalue weighted by Crippen LogP contribution is -2.37. The van der Waals surface area contributed by atoms with Crippen LogP contribution in [0.15, 0.2) is 42.5 Å². The highest BCUT2D eigenvalue weighted by Crippen LogP contribution is 2.20. The monoisotopic (exact) mass is 350 g/mol. The average Bonchev–Trinajstić information content (AvgIpc) is 3.01. The van der Waals surface area contributed by atoms with E-state index in [1.54, 1.807) is 4.52 Å². The fourth-order valence-electron chi connectivity index (χ4n) is 3.34. The van der Waals surface area contributed by atoms with Gasteiger partial charge in [0.15, 0.2) is 11.5 Å². The van der Waals surface area contributed by atoms with Crippen LogP contribution in [-0.2, 0) is 4.79 Å². The summed E-state index contributed by atoms with van der Waals surface area (Å²) in [7, 11) is 0. The molecule has 2 aromatic heterocycles. The first-order valence-electron chi connectivity index (χ1n) is 9.07. The van der Waals surface area contributed by atoms with E-state index in [1.165, 1.54) is 0 Å². The van der Waals surface area contributed by atoms with Crippen LogP contribution in [0, 0.1) is 0 Å². The molecule has 0 saturated carbocycles. The van der Waals surface area contributed by atoms with Gasteiger partial charge in [0.05, 0.1) is 6.54 Å². The second-order valence-corrected chi connectivity index (χ2v) is 6.51. The molecule has 1 fully saturated rings. The summed E-state index contributed by atoms with van der Waals surface area (Å²) in [5.74, 6) is 1.65. The Morgan fingerprint density at radius 2 is 1.88 bits per heavy atom. The predicted octanol–water partition coefficient (Wildman–Crippen LogP) is 2.24. The molecule has 1 aliphatic rings. The zero-order valence-corrected chi connectivity index (χ0v) is 14.9. The Labute approximate surface area is 152 Å². The smallest absolute Gasteiger partial charge is 0.242 e. The summed E-state index contributed by atoms with van der Waals surface area (Å²) in [5.41, 5.74) is 1.66. The Kier molecular flexibility index (Phi) is 4.51. The molecule has 3 aromatic rings. The number of carbonyl (C=O) groups excluding carboxylic acids is 1. The molecule has 3 heterocycles. The molecular weight excluding hydrogens is 328 g/mol. The minimum atomic E-state index is 0.165. The number of hydrogen-bond donors (Lipinski definition) is 0. The Bertz CT molecular complexity index is 907. The number of carbonyl (C=O) groups is 1. The second kappa shape index (κ2) is 7.11. The van der Waals surface area contributed by atoms with Crippen molar-refractivity contribution in [2.45, 2.75) is 19.8 Å². The minimum Gasteiger partial charge on any atom is -0.346 e. The highest BCUT2D eigenvalue weighted by Gasteiger charge is 2.22. The van der Waals surface area contributed by atoms with Gasteiger partial charge in [-0.3, -0.25) is 4.79 Å². The molecule has 1 aromatic carbocycles. The van der Waals surface area contributed by atoms with Crippen LogP contribution in [0.1, 0.15) is 19.8 Å². The van der Waals surface area contributed by atoms with Gasteiger partial charge in [0.2, 0.25) is 5.91 Å². The molecule has 0 spiro atoms. The van der Waals surface area contributed by atoms with E-state index >= 15 is 0 Å². The van der Waals surface area contributed by atoms with Crippen LogP contribution in [0.3, 0.4) is 0 Å². The molecule has 26 heavy (non-hydrogen) atoms. The van der Waals surface area contributed by atoms with Gasteiger partial charge in [0.25, 0.3) is 0 Å². The number of anilines is 1. The van der Waals surface area contributed by atoms with Crippen LogP contribution >= 0.6 is 0 Å². The molecule has 7 heteroatoms. The molecule has 0 unspecified atom stereocenters. The number of rotatable bonds is 4. The molecule has 4 rings (SSSR count). The summed E-state index contributed by atoms with van der Waals surface area (Å²) in [6, 6.07) is 13.7. The highest BCUT2D eigenvalue weighted by atomic mass is 16.2. The molecule has 0 N–H and O–H groups in total. The largest absolute Gasteiger partial charge is 0.346 e. The van der Waals surface area contributed by atoms with Crippen molar-refractivity contribution in [2.75, 3.05) is 31.1 Å². The fourth-order valence-corrected chi connectivity index (χ4v) is 3.34. The fraction of sp³-hybridized carbons (Fsp3) is 0.368. The molecule has 1 amide bonds. The van der Waals surface area contributed by atoms with Crippen LogP contribution in [-0.4, -0.2) is 56.8 Å². The third-order valence-corrected chi connectivity index (χ3v) is 4.63. The number of amides is 1.